The van der Waals surface area contributed by atoms with Gasteiger partial charge in [0, 0.05) is 25.2 Å². The highest BCUT2D eigenvalue weighted by Gasteiger charge is 2.27. The normalized spacial score (nSPS) is 13.1. The van der Waals surface area contributed by atoms with E-state index in [0.29, 0.717) is 5.69 Å². The maximum Gasteiger partial charge on any atom is 0.304 e. The molecule has 156 valence electrons. The molecule has 3 aromatic rings. The minimum absolute atomic E-state index is 0.209. The van der Waals surface area contributed by atoms with Gasteiger partial charge in [0.1, 0.15) is 12.4 Å². The molecule has 0 radical (unpaired) electrons. The standard InChI is InChI=1S/C22H22FN3O3S/c1-25(2)30(28,29)26(18-11-9-17(23)10-12-18)14-21(27)24-20-13-8-16-7-6-15-4-3-5-19(20)22(15)16/h3-5,8-13H,6-7,14H2,1-2H3,(H,24,27). The molecule has 0 atom stereocenters. The average molecular weight is 428 g/mol. The monoisotopic (exact) mass is 427 g/mol. The van der Waals surface area contributed by atoms with Gasteiger partial charge in [0.05, 0.1) is 5.69 Å². The van der Waals surface area contributed by atoms with Crippen LogP contribution in [0, 0.1) is 5.82 Å². The molecule has 1 aliphatic rings. The van der Waals surface area contributed by atoms with Crippen LogP contribution in [0.5, 0.6) is 0 Å². The lowest BCUT2D eigenvalue weighted by atomic mass is 10.0. The first-order valence-electron chi connectivity index (χ1n) is 9.56. The third-order valence-corrected chi connectivity index (χ3v) is 7.11. The van der Waals surface area contributed by atoms with Crippen LogP contribution >= 0.6 is 0 Å². The Morgan fingerprint density at radius 3 is 2.33 bits per heavy atom. The van der Waals surface area contributed by atoms with Crippen molar-refractivity contribution in [2.24, 2.45) is 0 Å². The van der Waals surface area contributed by atoms with Crippen LogP contribution in [0.3, 0.4) is 0 Å². The molecule has 0 saturated heterocycles. The topological polar surface area (TPSA) is 69.7 Å². The lowest BCUT2D eigenvalue weighted by Crippen LogP contribution is -2.44. The minimum atomic E-state index is -3.95. The number of rotatable bonds is 6. The number of aryl methyl sites for hydroxylation is 2. The number of nitrogens with one attached hydrogen (secondary N) is 1. The van der Waals surface area contributed by atoms with Gasteiger partial charge in [0.25, 0.3) is 0 Å². The summed E-state index contributed by atoms with van der Waals surface area (Å²) in [4.78, 5) is 12.9. The van der Waals surface area contributed by atoms with E-state index in [0.717, 1.165) is 44.4 Å². The van der Waals surface area contributed by atoms with Gasteiger partial charge in [-0.15, -0.1) is 0 Å². The lowest BCUT2D eigenvalue weighted by molar-refractivity contribution is -0.114. The van der Waals surface area contributed by atoms with Gasteiger partial charge < -0.3 is 5.32 Å². The highest BCUT2D eigenvalue weighted by molar-refractivity contribution is 7.90. The zero-order valence-electron chi connectivity index (χ0n) is 16.7. The van der Waals surface area contributed by atoms with Crippen LogP contribution < -0.4 is 9.62 Å². The molecule has 8 heteroatoms. The molecule has 1 N–H and O–H groups in total. The number of carbonyl (C=O) groups is 1. The number of carbonyl (C=O) groups excluding carboxylic acids is 1. The predicted octanol–water partition coefficient (Wildman–Crippen LogP) is 3.33. The molecule has 0 saturated carbocycles. The van der Waals surface area contributed by atoms with E-state index in [2.05, 4.69) is 11.4 Å². The van der Waals surface area contributed by atoms with Gasteiger partial charge in [-0.2, -0.15) is 12.7 Å². The van der Waals surface area contributed by atoms with Gasteiger partial charge in [-0.1, -0.05) is 24.3 Å². The average Bonchev–Trinajstić information content (AvgIpc) is 3.13. The molecular weight excluding hydrogens is 405 g/mol. The molecule has 1 amide bonds. The summed E-state index contributed by atoms with van der Waals surface area (Å²) >= 11 is 0. The van der Waals surface area contributed by atoms with E-state index in [4.69, 9.17) is 0 Å². The van der Waals surface area contributed by atoms with Crippen molar-refractivity contribution in [3.63, 3.8) is 0 Å². The maximum absolute atomic E-state index is 13.3. The molecule has 3 aromatic carbocycles. The third kappa shape index (κ3) is 3.64. The van der Waals surface area contributed by atoms with E-state index in [-0.39, 0.29) is 5.69 Å². The second kappa shape index (κ2) is 7.70. The number of amides is 1. The Morgan fingerprint density at radius 1 is 1.00 bits per heavy atom. The van der Waals surface area contributed by atoms with Crippen molar-refractivity contribution in [3.05, 3.63) is 71.5 Å². The number of hydrogen-bond donors (Lipinski definition) is 1. The second-order valence-corrected chi connectivity index (χ2v) is 9.50. The molecule has 4 rings (SSSR count). The molecule has 0 aromatic heterocycles. The highest BCUT2D eigenvalue weighted by atomic mass is 32.2. The highest BCUT2D eigenvalue weighted by Crippen LogP contribution is 2.35. The summed E-state index contributed by atoms with van der Waals surface area (Å²) in [5.74, 6) is -0.971. The smallest absolute Gasteiger partial charge is 0.304 e. The summed E-state index contributed by atoms with van der Waals surface area (Å²) in [5.41, 5.74) is 3.35. The number of nitrogens with zero attached hydrogens (tertiary/aromatic N) is 2. The van der Waals surface area contributed by atoms with Gasteiger partial charge in [-0.25, -0.2) is 8.70 Å². The Labute approximate surface area is 175 Å². The van der Waals surface area contributed by atoms with Gasteiger partial charge in [-0.3, -0.25) is 4.79 Å². The van der Waals surface area contributed by atoms with Crippen LogP contribution in [-0.4, -0.2) is 39.3 Å². The zero-order valence-corrected chi connectivity index (χ0v) is 17.5. The van der Waals surface area contributed by atoms with Crippen molar-refractivity contribution in [3.8, 4) is 0 Å². The largest absolute Gasteiger partial charge is 0.324 e. The molecular formula is C22H22FN3O3S. The Hall–Kier alpha value is -2.97. The molecule has 0 heterocycles. The van der Waals surface area contributed by atoms with Crippen LogP contribution in [0.25, 0.3) is 10.8 Å². The van der Waals surface area contributed by atoms with Crippen LogP contribution in [0.4, 0.5) is 15.8 Å². The van der Waals surface area contributed by atoms with Crippen LogP contribution in [0.15, 0.2) is 54.6 Å². The number of benzene rings is 3. The van der Waals surface area contributed by atoms with E-state index in [1.807, 2.05) is 24.3 Å². The fraction of sp³-hybridized carbons (Fsp3) is 0.227. The summed E-state index contributed by atoms with van der Waals surface area (Å²) in [6, 6.07) is 14.9. The van der Waals surface area contributed by atoms with Gasteiger partial charge in [-0.05, 0) is 59.7 Å². The second-order valence-electron chi connectivity index (χ2n) is 7.43. The van der Waals surface area contributed by atoms with Gasteiger partial charge in [0.2, 0.25) is 5.91 Å². The molecule has 0 spiro atoms. The molecule has 6 nitrogen and oxygen atoms in total. The Bertz CT molecular complexity index is 1210. The van der Waals surface area contributed by atoms with E-state index in [9.17, 15) is 17.6 Å². The fourth-order valence-corrected chi connectivity index (χ4v) is 4.85. The Morgan fingerprint density at radius 2 is 1.67 bits per heavy atom. The first-order chi connectivity index (χ1) is 14.3. The van der Waals surface area contributed by atoms with Crippen molar-refractivity contribution in [2.45, 2.75) is 12.8 Å². The maximum atomic E-state index is 13.3. The molecule has 0 unspecified atom stereocenters. The summed E-state index contributed by atoms with van der Waals surface area (Å²) < 4.78 is 40.9. The van der Waals surface area contributed by atoms with Crippen molar-refractivity contribution in [1.29, 1.82) is 0 Å². The molecule has 30 heavy (non-hydrogen) atoms. The van der Waals surface area contributed by atoms with Crippen molar-refractivity contribution >= 4 is 38.3 Å². The first kappa shape index (κ1) is 20.3. The molecule has 0 aliphatic heterocycles. The molecule has 0 bridgehead atoms. The summed E-state index contributed by atoms with van der Waals surface area (Å²) in [7, 11) is -1.19. The molecule has 1 aliphatic carbocycles. The zero-order chi connectivity index (χ0) is 21.5. The fourth-order valence-electron chi connectivity index (χ4n) is 3.79. The molecule has 0 fully saturated rings. The number of hydrogen-bond acceptors (Lipinski definition) is 3. The van der Waals surface area contributed by atoms with Gasteiger partial charge >= 0.3 is 10.2 Å². The van der Waals surface area contributed by atoms with E-state index >= 15 is 0 Å². The van der Waals surface area contributed by atoms with Crippen LogP contribution in [-0.2, 0) is 27.8 Å². The number of halogens is 1. The minimum Gasteiger partial charge on any atom is -0.324 e. The summed E-state index contributed by atoms with van der Waals surface area (Å²) in [6.07, 6.45) is 1.95. The Balaban J connectivity index is 1.64. The van der Waals surface area contributed by atoms with Crippen molar-refractivity contribution < 1.29 is 17.6 Å². The first-order valence-corrected chi connectivity index (χ1v) is 11.0. The Kier molecular flexibility index (Phi) is 5.21. The predicted molar refractivity (Wildman–Crippen MR) is 116 cm³/mol. The van der Waals surface area contributed by atoms with Crippen molar-refractivity contribution in [2.75, 3.05) is 30.3 Å². The van der Waals surface area contributed by atoms with Crippen molar-refractivity contribution in [1.82, 2.24) is 4.31 Å². The van der Waals surface area contributed by atoms with Crippen LogP contribution in [0.2, 0.25) is 0 Å². The quantitative estimate of drug-likeness (QED) is 0.656. The summed E-state index contributed by atoms with van der Waals surface area (Å²) in [5, 5.41) is 4.96. The van der Waals surface area contributed by atoms with E-state index in [1.54, 1.807) is 0 Å². The summed E-state index contributed by atoms with van der Waals surface area (Å²) in [6.45, 7) is -0.435. The number of anilines is 2. The van der Waals surface area contributed by atoms with E-state index in [1.165, 1.54) is 37.4 Å². The third-order valence-electron chi connectivity index (χ3n) is 5.29. The SMILES string of the molecule is CN(C)S(=O)(=O)N(CC(=O)Nc1ccc2c3c(cccc13)CC2)c1ccc(F)cc1. The lowest BCUT2D eigenvalue weighted by Gasteiger charge is -2.27. The van der Waals surface area contributed by atoms with E-state index < -0.39 is 28.5 Å². The van der Waals surface area contributed by atoms with Crippen LogP contribution in [0.1, 0.15) is 11.1 Å². The van der Waals surface area contributed by atoms with Gasteiger partial charge in [0.15, 0.2) is 0 Å².